The normalized spacial score (nSPS) is 10.9. The van der Waals surface area contributed by atoms with E-state index in [1.807, 2.05) is 12.1 Å². The molecule has 7 nitrogen and oxygen atoms in total. The highest BCUT2D eigenvalue weighted by Gasteiger charge is 2.17. The molecular formula is C19H14N4O3. The first-order valence-corrected chi connectivity index (χ1v) is 7.90. The van der Waals surface area contributed by atoms with Crippen molar-refractivity contribution in [2.24, 2.45) is 0 Å². The topological polar surface area (TPSA) is 101 Å². The molecule has 4 rings (SSSR count). The molecule has 0 amide bonds. The molecule has 0 radical (unpaired) electrons. The van der Waals surface area contributed by atoms with Gasteiger partial charge in [-0.15, -0.1) is 0 Å². The summed E-state index contributed by atoms with van der Waals surface area (Å²) in [4.78, 5) is 20.3. The van der Waals surface area contributed by atoms with Gasteiger partial charge in [0.25, 0.3) is 0 Å². The summed E-state index contributed by atoms with van der Waals surface area (Å²) in [5, 5.41) is 24.1. The zero-order chi connectivity index (χ0) is 18.1. The zero-order valence-electron chi connectivity index (χ0n) is 13.6. The number of aromatic nitrogens is 4. The predicted octanol–water partition coefficient (Wildman–Crippen LogP) is 2.95. The minimum absolute atomic E-state index is 0.0894. The number of pyridine rings is 2. The molecule has 0 aliphatic carbocycles. The summed E-state index contributed by atoms with van der Waals surface area (Å²) in [5.74, 6) is -0.964. The van der Waals surface area contributed by atoms with Crippen molar-refractivity contribution in [2.75, 3.05) is 0 Å². The standard InChI is InChI=1S/C19H14N4O3/c24-14-3-1-2-13(8-14)17-9-15(19(25)26)16-10-21-23(18(16)22-17)11-12-4-6-20-7-5-12/h1-10,24H,11H2,(H,25,26). The van der Waals surface area contributed by atoms with Crippen LogP contribution in [-0.4, -0.2) is 35.9 Å². The maximum absolute atomic E-state index is 11.7. The van der Waals surface area contributed by atoms with Crippen molar-refractivity contribution in [1.29, 1.82) is 0 Å². The van der Waals surface area contributed by atoms with E-state index in [-0.39, 0.29) is 11.3 Å². The minimum Gasteiger partial charge on any atom is -0.508 e. The fourth-order valence-corrected chi connectivity index (χ4v) is 2.81. The molecule has 3 heterocycles. The highest BCUT2D eigenvalue weighted by Crippen LogP contribution is 2.27. The molecule has 0 spiro atoms. The molecule has 0 fully saturated rings. The molecule has 128 valence electrons. The van der Waals surface area contributed by atoms with E-state index < -0.39 is 5.97 Å². The summed E-state index contributed by atoms with van der Waals surface area (Å²) in [5.41, 5.74) is 2.66. The summed E-state index contributed by atoms with van der Waals surface area (Å²) in [6.07, 6.45) is 4.89. The lowest BCUT2D eigenvalue weighted by Crippen LogP contribution is -2.05. The van der Waals surface area contributed by atoms with E-state index in [0.29, 0.717) is 28.8 Å². The molecule has 0 atom stereocenters. The number of aromatic hydroxyl groups is 1. The molecule has 0 aliphatic rings. The molecule has 4 aromatic rings. The van der Waals surface area contributed by atoms with E-state index in [0.717, 1.165) is 5.56 Å². The molecule has 0 bridgehead atoms. The molecule has 0 aliphatic heterocycles. The van der Waals surface area contributed by atoms with Crippen LogP contribution in [0.2, 0.25) is 0 Å². The lowest BCUT2D eigenvalue weighted by Gasteiger charge is -2.07. The third kappa shape index (κ3) is 2.86. The Morgan fingerprint density at radius 1 is 1.12 bits per heavy atom. The number of carbonyl (C=O) groups is 1. The van der Waals surface area contributed by atoms with Crippen LogP contribution < -0.4 is 0 Å². The molecule has 7 heteroatoms. The minimum atomic E-state index is -1.05. The number of carboxylic acid groups (broad SMARTS) is 1. The Labute approximate surface area is 148 Å². The number of rotatable bonds is 4. The van der Waals surface area contributed by atoms with E-state index in [9.17, 15) is 15.0 Å². The highest BCUT2D eigenvalue weighted by molar-refractivity contribution is 6.02. The van der Waals surface area contributed by atoms with Crippen LogP contribution in [0, 0.1) is 0 Å². The number of benzene rings is 1. The van der Waals surface area contributed by atoms with Gasteiger partial charge in [0.15, 0.2) is 5.65 Å². The summed E-state index contributed by atoms with van der Waals surface area (Å²) in [6, 6.07) is 11.8. The number of hydrogen-bond acceptors (Lipinski definition) is 5. The average Bonchev–Trinajstić information content (AvgIpc) is 3.04. The summed E-state index contributed by atoms with van der Waals surface area (Å²) in [7, 11) is 0. The number of phenols is 1. The van der Waals surface area contributed by atoms with Crippen LogP contribution >= 0.6 is 0 Å². The Morgan fingerprint density at radius 2 is 1.92 bits per heavy atom. The van der Waals surface area contributed by atoms with E-state index in [1.165, 1.54) is 12.3 Å². The van der Waals surface area contributed by atoms with Gasteiger partial charge in [0.2, 0.25) is 0 Å². The Balaban J connectivity index is 1.89. The van der Waals surface area contributed by atoms with Crippen LogP contribution in [-0.2, 0) is 6.54 Å². The Morgan fingerprint density at radius 3 is 2.65 bits per heavy atom. The first-order valence-electron chi connectivity index (χ1n) is 7.90. The van der Waals surface area contributed by atoms with Crippen molar-refractivity contribution in [3.05, 3.63) is 72.2 Å². The zero-order valence-corrected chi connectivity index (χ0v) is 13.6. The number of carboxylic acids is 1. The molecule has 0 unspecified atom stereocenters. The van der Waals surface area contributed by atoms with Crippen molar-refractivity contribution in [1.82, 2.24) is 19.7 Å². The van der Waals surface area contributed by atoms with Crippen molar-refractivity contribution in [3.63, 3.8) is 0 Å². The fourth-order valence-electron chi connectivity index (χ4n) is 2.81. The average molecular weight is 346 g/mol. The number of aromatic carboxylic acids is 1. The Hall–Kier alpha value is -3.74. The third-order valence-electron chi connectivity index (χ3n) is 4.06. The quantitative estimate of drug-likeness (QED) is 0.589. The van der Waals surface area contributed by atoms with Crippen LogP contribution in [0.15, 0.2) is 61.1 Å². The van der Waals surface area contributed by atoms with Gasteiger partial charge in [0, 0.05) is 18.0 Å². The molecule has 3 aromatic heterocycles. The number of phenolic OH excluding ortho intramolecular Hbond substituents is 1. The predicted molar refractivity (Wildman–Crippen MR) is 94.9 cm³/mol. The van der Waals surface area contributed by atoms with Crippen molar-refractivity contribution in [3.8, 4) is 17.0 Å². The second-order valence-electron chi connectivity index (χ2n) is 5.81. The van der Waals surface area contributed by atoms with Gasteiger partial charge in [-0.1, -0.05) is 12.1 Å². The van der Waals surface area contributed by atoms with Gasteiger partial charge in [-0.25, -0.2) is 14.5 Å². The van der Waals surface area contributed by atoms with Crippen LogP contribution in [0.4, 0.5) is 0 Å². The van der Waals surface area contributed by atoms with Gasteiger partial charge in [0.05, 0.1) is 29.4 Å². The smallest absolute Gasteiger partial charge is 0.336 e. The largest absolute Gasteiger partial charge is 0.508 e. The lowest BCUT2D eigenvalue weighted by atomic mass is 10.1. The van der Waals surface area contributed by atoms with Crippen molar-refractivity contribution in [2.45, 2.75) is 6.54 Å². The van der Waals surface area contributed by atoms with Crippen LogP contribution in [0.3, 0.4) is 0 Å². The van der Waals surface area contributed by atoms with Crippen LogP contribution in [0.5, 0.6) is 5.75 Å². The molecule has 26 heavy (non-hydrogen) atoms. The lowest BCUT2D eigenvalue weighted by molar-refractivity contribution is 0.0699. The van der Waals surface area contributed by atoms with E-state index in [1.54, 1.807) is 41.3 Å². The maximum Gasteiger partial charge on any atom is 0.336 e. The molecular weight excluding hydrogens is 332 g/mol. The van der Waals surface area contributed by atoms with E-state index >= 15 is 0 Å². The fraction of sp³-hybridized carbons (Fsp3) is 0.0526. The SMILES string of the molecule is O=C(O)c1cc(-c2cccc(O)c2)nc2c1cnn2Cc1ccncc1. The van der Waals surface area contributed by atoms with Crippen LogP contribution in [0.25, 0.3) is 22.3 Å². The van der Waals surface area contributed by atoms with Gasteiger partial charge in [-0.05, 0) is 35.9 Å². The summed E-state index contributed by atoms with van der Waals surface area (Å²) < 4.78 is 1.66. The van der Waals surface area contributed by atoms with Crippen molar-refractivity contribution >= 4 is 17.0 Å². The summed E-state index contributed by atoms with van der Waals surface area (Å²) >= 11 is 0. The third-order valence-corrected chi connectivity index (χ3v) is 4.06. The van der Waals surface area contributed by atoms with Gasteiger partial charge in [-0.3, -0.25) is 4.98 Å². The molecule has 2 N–H and O–H groups in total. The molecule has 0 saturated carbocycles. The number of hydrogen-bond donors (Lipinski definition) is 2. The Bertz CT molecular complexity index is 1110. The van der Waals surface area contributed by atoms with Gasteiger partial charge in [-0.2, -0.15) is 5.10 Å². The number of fused-ring (bicyclic) bond motifs is 1. The van der Waals surface area contributed by atoms with E-state index in [4.69, 9.17) is 0 Å². The number of nitrogens with zero attached hydrogens (tertiary/aromatic N) is 4. The highest BCUT2D eigenvalue weighted by atomic mass is 16.4. The Kier molecular flexibility index (Phi) is 3.81. The maximum atomic E-state index is 11.7. The van der Waals surface area contributed by atoms with Crippen LogP contribution in [0.1, 0.15) is 15.9 Å². The first-order chi connectivity index (χ1) is 12.6. The monoisotopic (exact) mass is 346 g/mol. The van der Waals surface area contributed by atoms with E-state index in [2.05, 4.69) is 15.1 Å². The second-order valence-corrected chi connectivity index (χ2v) is 5.81. The summed E-state index contributed by atoms with van der Waals surface area (Å²) in [6.45, 7) is 0.446. The van der Waals surface area contributed by atoms with Gasteiger partial charge >= 0.3 is 5.97 Å². The van der Waals surface area contributed by atoms with Gasteiger partial charge in [0.1, 0.15) is 5.75 Å². The van der Waals surface area contributed by atoms with Gasteiger partial charge < -0.3 is 10.2 Å². The van der Waals surface area contributed by atoms with Crippen molar-refractivity contribution < 1.29 is 15.0 Å². The molecule has 0 saturated heterocycles. The first kappa shape index (κ1) is 15.8. The second kappa shape index (κ2) is 6.29. The molecule has 1 aromatic carbocycles.